The molecule has 0 saturated heterocycles. The molecule has 4 nitrogen and oxygen atoms in total. The molecule has 0 aliphatic heterocycles. The topological polar surface area (TPSA) is 80.9 Å². The Morgan fingerprint density at radius 2 is 1.41 bits per heavy atom. The van der Waals surface area contributed by atoms with Crippen molar-refractivity contribution in [1.29, 1.82) is 0 Å². The SMILES string of the molecule is OCCCCCCCC/C=C\[C@H](O)C#CC#C[C@@H](O)CCO. The second kappa shape index (κ2) is 16.1. The minimum Gasteiger partial charge on any atom is -0.396 e. The van der Waals surface area contributed by atoms with E-state index in [0.717, 1.165) is 32.1 Å². The maximum Gasteiger partial charge on any atom is 0.134 e. The van der Waals surface area contributed by atoms with Gasteiger partial charge in [0.2, 0.25) is 0 Å². The molecule has 0 fully saturated rings. The van der Waals surface area contributed by atoms with E-state index in [0.29, 0.717) is 0 Å². The number of unbranched alkanes of at least 4 members (excludes halogenated alkanes) is 6. The van der Waals surface area contributed by atoms with E-state index in [-0.39, 0.29) is 19.6 Å². The lowest BCUT2D eigenvalue weighted by Crippen LogP contribution is -2.04. The van der Waals surface area contributed by atoms with Crippen molar-refractivity contribution in [2.45, 2.75) is 63.6 Å². The van der Waals surface area contributed by atoms with Crippen molar-refractivity contribution in [1.82, 2.24) is 0 Å². The first-order valence-electron chi connectivity index (χ1n) is 7.96. The van der Waals surface area contributed by atoms with E-state index in [2.05, 4.69) is 23.7 Å². The zero-order valence-electron chi connectivity index (χ0n) is 13.2. The lowest BCUT2D eigenvalue weighted by molar-refractivity contribution is 0.177. The Kier molecular flexibility index (Phi) is 15.1. The highest BCUT2D eigenvalue weighted by atomic mass is 16.3. The summed E-state index contributed by atoms with van der Waals surface area (Å²) in [5.41, 5.74) is 0. The molecule has 0 heterocycles. The summed E-state index contributed by atoms with van der Waals surface area (Å²) in [4.78, 5) is 0. The summed E-state index contributed by atoms with van der Waals surface area (Å²) in [5, 5.41) is 36.0. The number of aliphatic hydroxyl groups is 4. The molecular formula is C18H28O4. The van der Waals surface area contributed by atoms with Crippen molar-refractivity contribution in [2.24, 2.45) is 0 Å². The standard InChI is InChI=1S/C18H28O4/c19-15-10-6-4-2-1-3-5-7-11-17(21)12-8-9-13-18(22)14-16-20/h7,11,17-22H,1-6,10,14-16H2/b11-7-/t17-,18+/m0/s1. The molecule has 0 aromatic rings. The summed E-state index contributed by atoms with van der Waals surface area (Å²) >= 11 is 0. The van der Waals surface area contributed by atoms with Crippen LogP contribution in [0.3, 0.4) is 0 Å². The van der Waals surface area contributed by atoms with E-state index in [4.69, 9.17) is 10.2 Å². The van der Waals surface area contributed by atoms with Crippen LogP contribution in [0.1, 0.15) is 51.4 Å². The van der Waals surface area contributed by atoms with Crippen molar-refractivity contribution in [3.8, 4) is 23.7 Å². The van der Waals surface area contributed by atoms with Crippen molar-refractivity contribution < 1.29 is 20.4 Å². The Hall–Kier alpha value is -1.30. The molecule has 4 heteroatoms. The Morgan fingerprint density at radius 1 is 0.773 bits per heavy atom. The van der Waals surface area contributed by atoms with Gasteiger partial charge in [0.05, 0.1) is 0 Å². The fourth-order valence-corrected chi connectivity index (χ4v) is 1.78. The van der Waals surface area contributed by atoms with Crippen LogP contribution in [0.15, 0.2) is 12.2 Å². The van der Waals surface area contributed by atoms with Crippen molar-refractivity contribution >= 4 is 0 Å². The van der Waals surface area contributed by atoms with Crippen molar-refractivity contribution in [2.75, 3.05) is 13.2 Å². The summed E-state index contributed by atoms with van der Waals surface area (Å²) < 4.78 is 0. The van der Waals surface area contributed by atoms with Gasteiger partial charge in [-0.15, -0.1) is 0 Å². The minimum absolute atomic E-state index is 0.115. The zero-order valence-corrected chi connectivity index (χ0v) is 13.2. The van der Waals surface area contributed by atoms with Gasteiger partial charge in [-0.3, -0.25) is 0 Å². The predicted molar refractivity (Wildman–Crippen MR) is 87.8 cm³/mol. The maximum atomic E-state index is 9.56. The normalized spacial score (nSPS) is 13.1. The summed E-state index contributed by atoms with van der Waals surface area (Å²) in [7, 11) is 0. The average molecular weight is 308 g/mol. The molecule has 0 amide bonds. The molecule has 0 radical (unpaired) electrons. The lowest BCUT2D eigenvalue weighted by Gasteiger charge is -1.99. The van der Waals surface area contributed by atoms with Crippen LogP contribution < -0.4 is 0 Å². The van der Waals surface area contributed by atoms with Crippen LogP contribution in [0.2, 0.25) is 0 Å². The quantitative estimate of drug-likeness (QED) is 0.264. The van der Waals surface area contributed by atoms with E-state index >= 15 is 0 Å². The second-order valence-electron chi connectivity index (χ2n) is 5.07. The van der Waals surface area contributed by atoms with Crippen LogP contribution in [0.25, 0.3) is 0 Å². The van der Waals surface area contributed by atoms with Gasteiger partial charge in [0.1, 0.15) is 12.2 Å². The summed E-state index contributed by atoms with van der Waals surface area (Å²) in [6.07, 6.45) is 9.55. The van der Waals surface area contributed by atoms with Crippen molar-refractivity contribution in [3.63, 3.8) is 0 Å². The molecule has 124 valence electrons. The summed E-state index contributed by atoms with van der Waals surface area (Å²) in [6, 6.07) is 0. The Balaban J connectivity index is 3.68. The molecule has 0 aromatic carbocycles. The number of hydrogen-bond donors (Lipinski definition) is 4. The van der Waals surface area contributed by atoms with Gasteiger partial charge in [-0.05, 0) is 37.2 Å². The Labute approximate surface area is 133 Å². The smallest absolute Gasteiger partial charge is 0.134 e. The highest BCUT2D eigenvalue weighted by molar-refractivity contribution is 5.29. The van der Waals surface area contributed by atoms with Gasteiger partial charge in [0, 0.05) is 19.6 Å². The number of hydrogen-bond acceptors (Lipinski definition) is 4. The molecule has 0 aromatic heterocycles. The molecule has 4 N–H and O–H groups in total. The van der Waals surface area contributed by atoms with Crippen LogP contribution >= 0.6 is 0 Å². The molecule has 2 atom stereocenters. The maximum absolute atomic E-state index is 9.56. The van der Waals surface area contributed by atoms with Gasteiger partial charge in [0.25, 0.3) is 0 Å². The van der Waals surface area contributed by atoms with E-state index in [1.165, 1.54) is 12.8 Å². The van der Waals surface area contributed by atoms with E-state index in [1.54, 1.807) is 6.08 Å². The third kappa shape index (κ3) is 15.1. The van der Waals surface area contributed by atoms with Gasteiger partial charge in [-0.25, -0.2) is 0 Å². The fraction of sp³-hybridized carbons (Fsp3) is 0.667. The molecule has 0 aliphatic rings. The predicted octanol–water partition coefficient (Wildman–Crippen LogP) is 1.38. The summed E-state index contributed by atoms with van der Waals surface area (Å²) in [5.74, 6) is 9.95. The first kappa shape index (κ1) is 20.7. The van der Waals surface area contributed by atoms with Gasteiger partial charge in [-0.2, -0.15) is 0 Å². The van der Waals surface area contributed by atoms with Crippen LogP contribution in [0, 0.1) is 23.7 Å². The van der Waals surface area contributed by atoms with Crippen LogP contribution in [-0.2, 0) is 0 Å². The van der Waals surface area contributed by atoms with Crippen LogP contribution in [-0.4, -0.2) is 45.8 Å². The molecule has 0 aliphatic carbocycles. The van der Waals surface area contributed by atoms with Gasteiger partial charge < -0.3 is 20.4 Å². The number of rotatable bonds is 11. The highest BCUT2D eigenvalue weighted by Crippen LogP contribution is 2.07. The summed E-state index contributed by atoms with van der Waals surface area (Å²) in [6.45, 7) is 0.169. The number of aliphatic hydroxyl groups excluding tert-OH is 4. The largest absolute Gasteiger partial charge is 0.396 e. The fourth-order valence-electron chi connectivity index (χ4n) is 1.78. The molecule has 0 bridgehead atoms. The first-order valence-corrected chi connectivity index (χ1v) is 7.96. The first-order chi connectivity index (χ1) is 10.7. The van der Waals surface area contributed by atoms with Gasteiger partial charge in [-0.1, -0.05) is 43.6 Å². The second-order valence-corrected chi connectivity index (χ2v) is 5.07. The van der Waals surface area contributed by atoms with Crippen molar-refractivity contribution in [3.05, 3.63) is 12.2 Å². The Bertz CT molecular complexity index is 395. The Morgan fingerprint density at radius 3 is 2.09 bits per heavy atom. The molecule has 0 unspecified atom stereocenters. The van der Waals surface area contributed by atoms with Crippen LogP contribution in [0.4, 0.5) is 0 Å². The average Bonchev–Trinajstić information content (AvgIpc) is 2.50. The third-order valence-electron chi connectivity index (χ3n) is 3.02. The molecular weight excluding hydrogens is 280 g/mol. The van der Waals surface area contributed by atoms with Gasteiger partial charge in [0.15, 0.2) is 0 Å². The van der Waals surface area contributed by atoms with E-state index in [9.17, 15) is 10.2 Å². The minimum atomic E-state index is -0.871. The molecule has 0 saturated carbocycles. The van der Waals surface area contributed by atoms with Crippen LogP contribution in [0.5, 0.6) is 0 Å². The zero-order chi connectivity index (χ0) is 16.5. The monoisotopic (exact) mass is 308 g/mol. The third-order valence-corrected chi connectivity index (χ3v) is 3.02. The van der Waals surface area contributed by atoms with Gasteiger partial charge >= 0.3 is 0 Å². The molecule has 0 spiro atoms. The van der Waals surface area contributed by atoms with E-state index in [1.807, 2.05) is 6.08 Å². The van der Waals surface area contributed by atoms with E-state index < -0.39 is 12.2 Å². The lowest BCUT2D eigenvalue weighted by atomic mass is 10.1. The molecule has 0 rings (SSSR count). The highest BCUT2D eigenvalue weighted by Gasteiger charge is 1.95. The number of allylic oxidation sites excluding steroid dienone is 1. The molecule has 22 heavy (non-hydrogen) atoms.